The van der Waals surface area contributed by atoms with Gasteiger partial charge in [-0.25, -0.2) is 14.4 Å². The largest absolute Gasteiger partial charge is 0.376 e. The van der Waals surface area contributed by atoms with E-state index in [2.05, 4.69) is 9.97 Å². The van der Waals surface area contributed by atoms with E-state index in [0.29, 0.717) is 23.6 Å². The summed E-state index contributed by atoms with van der Waals surface area (Å²) in [5, 5.41) is 0.492. The molecule has 0 amide bonds. The van der Waals surface area contributed by atoms with Crippen molar-refractivity contribution in [1.29, 1.82) is 0 Å². The average molecular weight is 272 g/mol. The molecule has 1 aromatic heterocycles. The van der Waals surface area contributed by atoms with Crippen molar-refractivity contribution in [2.45, 2.75) is 37.5 Å². The second-order valence-electron chi connectivity index (χ2n) is 4.81. The third kappa shape index (κ3) is 2.17. The van der Waals surface area contributed by atoms with Crippen molar-refractivity contribution in [3.63, 3.8) is 0 Å². The molecule has 6 heteroatoms. The van der Waals surface area contributed by atoms with E-state index in [4.69, 9.17) is 16.3 Å². The second-order valence-corrected chi connectivity index (χ2v) is 5.25. The molecule has 2 aliphatic rings. The molecule has 0 radical (unpaired) electrons. The highest BCUT2D eigenvalue weighted by Gasteiger charge is 2.40. The van der Waals surface area contributed by atoms with Crippen molar-refractivity contribution >= 4 is 17.5 Å². The topological polar surface area (TPSA) is 38.2 Å². The molecule has 4 nitrogen and oxygen atoms in total. The van der Waals surface area contributed by atoms with Gasteiger partial charge >= 0.3 is 0 Å². The zero-order chi connectivity index (χ0) is 12.5. The van der Waals surface area contributed by atoms with Crippen LogP contribution in [-0.2, 0) is 4.74 Å². The van der Waals surface area contributed by atoms with Crippen LogP contribution in [0.2, 0.25) is 5.02 Å². The lowest BCUT2D eigenvalue weighted by Crippen LogP contribution is -2.51. The summed E-state index contributed by atoms with van der Waals surface area (Å²) in [5.74, 6) is 0.558. The number of ether oxygens (including phenoxy) is 1. The Labute approximate surface area is 110 Å². The van der Waals surface area contributed by atoms with Crippen molar-refractivity contribution in [3.05, 3.63) is 17.4 Å². The summed E-state index contributed by atoms with van der Waals surface area (Å²) >= 11 is 5.79. The summed E-state index contributed by atoms with van der Waals surface area (Å²) in [6.07, 6.45) is 5.45. The smallest absolute Gasteiger partial charge is 0.226 e. The molecule has 0 unspecified atom stereocenters. The number of anilines is 1. The Morgan fingerprint density at radius 2 is 2.00 bits per heavy atom. The highest BCUT2D eigenvalue weighted by molar-refractivity contribution is 6.30. The van der Waals surface area contributed by atoms with Gasteiger partial charge in [-0.15, -0.1) is 0 Å². The molecule has 98 valence electrons. The van der Waals surface area contributed by atoms with E-state index in [1.807, 2.05) is 4.90 Å². The van der Waals surface area contributed by atoms with Crippen LogP contribution in [-0.4, -0.2) is 41.4 Å². The van der Waals surface area contributed by atoms with Gasteiger partial charge in [0, 0.05) is 6.04 Å². The molecule has 2 fully saturated rings. The predicted octanol–water partition coefficient (Wildman–Crippen LogP) is 2.23. The summed E-state index contributed by atoms with van der Waals surface area (Å²) in [4.78, 5) is 10.4. The van der Waals surface area contributed by atoms with E-state index in [1.54, 1.807) is 12.4 Å². The Morgan fingerprint density at radius 1 is 1.28 bits per heavy atom. The summed E-state index contributed by atoms with van der Waals surface area (Å²) in [6, 6.07) is 0.0626. The van der Waals surface area contributed by atoms with Gasteiger partial charge in [0.05, 0.1) is 36.7 Å². The van der Waals surface area contributed by atoms with E-state index in [0.717, 1.165) is 12.8 Å². The SMILES string of the molecule is F[C@@H]1COC[C@H]1N(c1ncc(Cl)cn1)C1CCC1. The molecule has 1 saturated carbocycles. The van der Waals surface area contributed by atoms with Crippen molar-refractivity contribution in [2.75, 3.05) is 18.1 Å². The molecule has 1 saturated heterocycles. The number of hydrogen-bond donors (Lipinski definition) is 0. The maximum absolute atomic E-state index is 13.9. The minimum atomic E-state index is -0.968. The van der Waals surface area contributed by atoms with Gasteiger partial charge in [-0.3, -0.25) is 0 Å². The standard InChI is InChI=1S/C12H15ClFN3O/c13-8-4-15-12(16-5-8)17(9-2-1-3-9)11-7-18-6-10(11)14/h4-5,9-11H,1-3,6-7H2/t10-,11-/m1/s1. The molecular formula is C12H15ClFN3O. The van der Waals surface area contributed by atoms with Crippen LogP contribution in [0.5, 0.6) is 0 Å². The van der Waals surface area contributed by atoms with Crippen LogP contribution >= 0.6 is 11.6 Å². The minimum absolute atomic E-state index is 0.168. The van der Waals surface area contributed by atoms with Gasteiger partial charge in [0.25, 0.3) is 0 Å². The zero-order valence-electron chi connectivity index (χ0n) is 9.93. The second kappa shape index (κ2) is 4.97. The maximum Gasteiger partial charge on any atom is 0.226 e. The fourth-order valence-electron chi connectivity index (χ4n) is 2.46. The number of aromatic nitrogens is 2. The first-order valence-electron chi connectivity index (χ1n) is 6.23. The van der Waals surface area contributed by atoms with Crippen LogP contribution in [0.25, 0.3) is 0 Å². The molecule has 1 aliphatic carbocycles. The maximum atomic E-state index is 13.9. The van der Waals surface area contributed by atoms with Gasteiger partial charge in [0.1, 0.15) is 6.17 Å². The Balaban J connectivity index is 1.87. The van der Waals surface area contributed by atoms with E-state index in [9.17, 15) is 4.39 Å². The highest BCUT2D eigenvalue weighted by Crippen LogP contribution is 2.32. The number of nitrogens with zero attached hydrogens (tertiary/aromatic N) is 3. The molecule has 0 N–H and O–H groups in total. The third-order valence-electron chi connectivity index (χ3n) is 3.65. The van der Waals surface area contributed by atoms with Crippen molar-refractivity contribution in [3.8, 4) is 0 Å². The fraction of sp³-hybridized carbons (Fsp3) is 0.667. The number of hydrogen-bond acceptors (Lipinski definition) is 4. The summed E-state index contributed by atoms with van der Waals surface area (Å²) in [7, 11) is 0. The highest BCUT2D eigenvalue weighted by atomic mass is 35.5. The lowest BCUT2D eigenvalue weighted by molar-refractivity contribution is 0.172. The molecule has 3 rings (SSSR count). The molecular weight excluding hydrogens is 257 g/mol. The monoisotopic (exact) mass is 271 g/mol. The van der Waals surface area contributed by atoms with Gasteiger partial charge < -0.3 is 9.64 Å². The van der Waals surface area contributed by atoms with Crippen LogP contribution < -0.4 is 4.90 Å². The lowest BCUT2D eigenvalue weighted by Gasteiger charge is -2.41. The number of halogens is 2. The van der Waals surface area contributed by atoms with Crippen molar-refractivity contribution < 1.29 is 9.13 Å². The molecule has 18 heavy (non-hydrogen) atoms. The van der Waals surface area contributed by atoms with Gasteiger partial charge in [0.15, 0.2) is 0 Å². The van der Waals surface area contributed by atoms with Crippen LogP contribution in [0, 0.1) is 0 Å². The van der Waals surface area contributed by atoms with Gasteiger partial charge in [0.2, 0.25) is 5.95 Å². The molecule has 1 aliphatic heterocycles. The van der Waals surface area contributed by atoms with E-state index < -0.39 is 6.17 Å². The molecule has 0 aromatic carbocycles. The Morgan fingerprint density at radius 3 is 2.50 bits per heavy atom. The average Bonchev–Trinajstić information content (AvgIpc) is 2.71. The quantitative estimate of drug-likeness (QED) is 0.845. The number of rotatable bonds is 3. The third-order valence-corrected chi connectivity index (χ3v) is 3.84. The van der Waals surface area contributed by atoms with Crippen LogP contribution in [0.15, 0.2) is 12.4 Å². The first kappa shape index (κ1) is 12.1. The molecule has 0 bridgehead atoms. The Kier molecular flexibility index (Phi) is 3.35. The minimum Gasteiger partial charge on any atom is -0.376 e. The molecule has 2 heterocycles. The predicted molar refractivity (Wildman–Crippen MR) is 66.7 cm³/mol. The fourth-order valence-corrected chi connectivity index (χ4v) is 2.56. The van der Waals surface area contributed by atoms with E-state index >= 15 is 0 Å². The summed E-state index contributed by atoms with van der Waals surface area (Å²) < 4.78 is 19.1. The van der Waals surface area contributed by atoms with Gasteiger partial charge in [-0.2, -0.15) is 0 Å². The zero-order valence-corrected chi connectivity index (χ0v) is 10.7. The summed E-state index contributed by atoms with van der Waals surface area (Å²) in [5.41, 5.74) is 0. The molecule has 0 spiro atoms. The Hall–Kier alpha value is -0.940. The molecule has 2 atom stereocenters. The first-order valence-corrected chi connectivity index (χ1v) is 6.61. The van der Waals surface area contributed by atoms with Gasteiger partial charge in [-0.05, 0) is 19.3 Å². The van der Waals surface area contributed by atoms with Crippen LogP contribution in [0.3, 0.4) is 0 Å². The van der Waals surface area contributed by atoms with E-state index in [1.165, 1.54) is 6.42 Å². The molecule has 1 aromatic rings. The van der Waals surface area contributed by atoms with Gasteiger partial charge in [-0.1, -0.05) is 11.6 Å². The van der Waals surface area contributed by atoms with Crippen molar-refractivity contribution in [2.24, 2.45) is 0 Å². The lowest BCUT2D eigenvalue weighted by atomic mass is 9.90. The van der Waals surface area contributed by atoms with Crippen LogP contribution in [0.4, 0.5) is 10.3 Å². The van der Waals surface area contributed by atoms with Crippen LogP contribution in [0.1, 0.15) is 19.3 Å². The summed E-state index contributed by atoms with van der Waals surface area (Å²) in [6.45, 7) is 0.575. The Bertz CT molecular complexity index is 412. The van der Waals surface area contributed by atoms with Crippen molar-refractivity contribution in [1.82, 2.24) is 9.97 Å². The normalized spacial score (nSPS) is 28.1. The first-order chi connectivity index (χ1) is 8.75. The van der Waals surface area contributed by atoms with E-state index in [-0.39, 0.29) is 12.6 Å². The number of alkyl halides is 1.